The van der Waals surface area contributed by atoms with Gasteiger partial charge in [0.05, 0.1) is 0 Å². The lowest BCUT2D eigenvalue weighted by molar-refractivity contribution is -0.137. The van der Waals surface area contributed by atoms with Gasteiger partial charge >= 0.3 is 5.97 Å². The van der Waals surface area contributed by atoms with Crippen LogP contribution < -0.4 is 5.73 Å². The van der Waals surface area contributed by atoms with Crippen LogP contribution in [0.4, 0.5) is 0 Å². The lowest BCUT2D eigenvalue weighted by atomic mass is 10.0. The van der Waals surface area contributed by atoms with E-state index >= 15 is 0 Å². The molecular weight excluding hydrogens is 344 g/mol. The first-order valence-corrected chi connectivity index (χ1v) is 8.96. The van der Waals surface area contributed by atoms with E-state index in [0.29, 0.717) is 5.56 Å². The van der Waals surface area contributed by atoms with Crippen molar-refractivity contribution in [3.8, 4) is 11.1 Å². The van der Waals surface area contributed by atoms with Crippen LogP contribution >= 0.6 is 0 Å². The van der Waals surface area contributed by atoms with E-state index in [1.54, 1.807) is 12.1 Å². The van der Waals surface area contributed by atoms with Crippen LogP contribution in [0.2, 0.25) is 0 Å². The van der Waals surface area contributed by atoms with Crippen molar-refractivity contribution in [1.29, 1.82) is 0 Å². The van der Waals surface area contributed by atoms with Crippen molar-refractivity contribution in [2.45, 2.75) is 37.8 Å². The highest BCUT2D eigenvalue weighted by Crippen LogP contribution is 2.32. The maximum absolute atomic E-state index is 13.0. The van der Waals surface area contributed by atoms with Gasteiger partial charge in [0.15, 0.2) is 0 Å². The Morgan fingerprint density at radius 1 is 1.00 bits per heavy atom. The van der Waals surface area contributed by atoms with E-state index in [2.05, 4.69) is 0 Å². The molecule has 0 radical (unpaired) electrons. The fraction of sp³-hybridized carbons (Fsp3) is 0.286. The molecule has 1 saturated carbocycles. The highest BCUT2D eigenvalue weighted by molar-refractivity contribution is 5.98. The summed E-state index contributed by atoms with van der Waals surface area (Å²) < 4.78 is 0. The fourth-order valence-corrected chi connectivity index (χ4v) is 3.18. The molecule has 2 aromatic rings. The molecule has 140 valence electrons. The second-order valence-electron chi connectivity index (χ2n) is 6.74. The van der Waals surface area contributed by atoms with E-state index < -0.39 is 17.9 Å². The van der Waals surface area contributed by atoms with Gasteiger partial charge in [-0.1, -0.05) is 42.5 Å². The first-order chi connectivity index (χ1) is 13.0. The molecule has 0 unspecified atom stereocenters. The van der Waals surface area contributed by atoms with E-state index in [0.717, 1.165) is 24.0 Å². The minimum atomic E-state index is -1.02. The number of rotatable bonds is 8. The number of carbonyl (C=O) groups is 3. The first kappa shape index (κ1) is 18.6. The van der Waals surface area contributed by atoms with Crippen LogP contribution in [-0.2, 0) is 9.59 Å². The second kappa shape index (κ2) is 8.03. The summed E-state index contributed by atoms with van der Waals surface area (Å²) in [4.78, 5) is 37.3. The lowest BCUT2D eigenvalue weighted by Crippen LogP contribution is -2.49. The number of amides is 2. The molecule has 6 nitrogen and oxygen atoms in total. The zero-order valence-electron chi connectivity index (χ0n) is 14.9. The fourth-order valence-electron chi connectivity index (χ4n) is 3.18. The largest absolute Gasteiger partial charge is 0.481 e. The average Bonchev–Trinajstić information content (AvgIpc) is 3.50. The molecule has 0 spiro atoms. The number of carbonyl (C=O) groups excluding carboxylic acids is 2. The number of carboxylic acid groups (broad SMARTS) is 1. The summed E-state index contributed by atoms with van der Waals surface area (Å²) in [5.41, 5.74) is 7.98. The lowest BCUT2D eigenvalue weighted by Gasteiger charge is -2.29. The average molecular weight is 366 g/mol. The SMILES string of the molecule is NC(=O)[C@H](CCC(=O)O)N(C(=O)c1ccc(-c2ccccc2)cc1)C1CC1. The van der Waals surface area contributed by atoms with Crippen LogP contribution in [0, 0.1) is 0 Å². The molecule has 3 N–H and O–H groups in total. The van der Waals surface area contributed by atoms with Gasteiger partial charge in [0.1, 0.15) is 6.04 Å². The van der Waals surface area contributed by atoms with Gasteiger partial charge < -0.3 is 15.7 Å². The predicted octanol–water partition coefficient (Wildman–Crippen LogP) is 2.68. The minimum Gasteiger partial charge on any atom is -0.481 e. The van der Waals surface area contributed by atoms with E-state index in [1.807, 2.05) is 42.5 Å². The Morgan fingerprint density at radius 2 is 1.59 bits per heavy atom. The Morgan fingerprint density at radius 3 is 2.11 bits per heavy atom. The summed E-state index contributed by atoms with van der Waals surface area (Å²) in [6.07, 6.45) is 1.40. The smallest absolute Gasteiger partial charge is 0.303 e. The number of benzene rings is 2. The maximum Gasteiger partial charge on any atom is 0.303 e. The van der Waals surface area contributed by atoms with E-state index in [-0.39, 0.29) is 24.8 Å². The van der Waals surface area contributed by atoms with E-state index in [1.165, 1.54) is 4.90 Å². The predicted molar refractivity (Wildman–Crippen MR) is 101 cm³/mol. The Kier molecular flexibility index (Phi) is 5.54. The monoisotopic (exact) mass is 366 g/mol. The summed E-state index contributed by atoms with van der Waals surface area (Å²) in [7, 11) is 0. The molecule has 0 aliphatic heterocycles. The molecule has 0 saturated heterocycles. The van der Waals surface area contributed by atoms with Crippen molar-refractivity contribution in [1.82, 2.24) is 4.90 Å². The zero-order valence-corrected chi connectivity index (χ0v) is 14.9. The second-order valence-corrected chi connectivity index (χ2v) is 6.74. The van der Waals surface area contributed by atoms with Crippen molar-refractivity contribution in [3.05, 3.63) is 60.2 Å². The molecule has 0 aromatic heterocycles. The van der Waals surface area contributed by atoms with Crippen molar-refractivity contribution >= 4 is 17.8 Å². The summed E-state index contributed by atoms with van der Waals surface area (Å²) >= 11 is 0. The van der Waals surface area contributed by atoms with Crippen LogP contribution in [0.1, 0.15) is 36.0 Å². The Bertz CT molecular complexity index is 829. The van der Waals surface area contributed by atoms with Crippen molar-refractivity contribution < 1.29 is 19.5 Å². The van der Waals surface area contributed by atoms with Gasteiger partial charge in [0.25, 0.3) is 5.91 Å². The maximum atomic E-state index is 13.0. The molecule has 0 bridgehead atoms. The Labute approximate surface area is 157 Å². The normalized spacial score (nSPS) is 14.4. The Hall–Kier alpha value is -3.15. The van der Waals surface area contributed by atoms with Gasteiger partial charge in [-0.2, -0.15) is 0 Å². The molecule has 2 amide bonds. The van der Waals surface area contributed by atoms with Crippen LogP contribution in [0.25, 0.3) is 11.1 Å². The van der Waals surface area contributed by atoms with Crippen LogP contribution in [0.3, 0.4) is 0 Å². The van der Waals surface area contributed by atoms with Crippen molar-refractivity contribution in [2.75, 3.05) is 0 Å². The highest BCUT2D eigenvalue weighted by Gasteiger charge is 2.40. The van der Waals surface area contributed by atoms with Gasteiger partial charge in [-0.3, -0.25) is 14.4 Å². The number of primary amides is 1. The third kappa shape index (κ3) is 4.53. The molecule has 6 heteroatoms. The topological polar surface area (TPSA) is 101 Å². The number of hydrogen-bond donors (Lipinski definition) is 2. The number of nitrogens with two attached hydrogens (primary N) is 1. The summed E-state index contributed by atoms with van der Waals surface area (Å²) in [6.45, 7) is 0. The molecular formula is C21H22N2O4. The van der Waals surface area contributed by atoms with Crippen LogP contribution in [0.15, 0.2) is 54.6 Å². The summed E-state index contributed by atoms with van der Waals surface area (Å²) in [6, 6.07) is 16.0. The highest BCUT2D eigenvalue weighted by atomic mass is 16.4. The summed E-state index contributed by atoms with van der Waals surface area (Å²) in [5, 5.41) is 8.92. The quantitative estimate of drug-likeness (QED) is 0.750. The molecule has 27 heavy (non-hydrogen) atoms. The van der Waals surface area contributed by atoms with Gasteiger partial charge in [0, 0.05) is 18.0 Å². The molecule has 1 aliphatic carbocycles. The molecule has 2 aromatic carbocycles. The molecule has 0 heterocycles. The number of hydrogen-bond acceptors (Lipinski definition) is 3. The third-order valence-corrected chi connectivity index (χ3v) is 4.71. The number of aliphatic carboxylic acids is 1. The molecule has 1 atom stereocenters. The van der Waals surface area contributed by atoms with Gasteiger partial charge in [-0.25, -0.2) is 0 Å². The van der Waals surface area contributed by atoms with E-state index in [9.17, 15) is 14.4 Å². The number of nitrogens with zero attached hydrogens (tertiary/aromatic N) is 1. The molecule has 1 aliphatic rings. The Balaban J connectivity index is 1.82. The van der Waals surface area contributed by atoms with Crippen LogP contribution in [0.5, 0.6) is 0 Å². The first-order valence-electron chi connectivity index (χ1n) is 8.96. The van der Waals surface area contributed by atoms with Crippen molar-refractivity contribution in [2.24, 2.45) is 5.73 Å². The van der Waals surface area contributed by atoms with Gasteiger partial charge in [0.2, 0.25) is 5.91 Å². The third-order valence-electron chi connectivity index (χ3n) is 4.71. The molecule has 3 rings (SSSR count). The number of carboxylic acids is 1. The zero-order chi connectivity index (χ0) is 19.4. The van der Waals surface area contributed by atoms with Gasteiger partial charge in [-0.15, -0.1) is 0 Å². The van der Waals surface area contributed by atoms with Crippen LogP contribution in [-0.4, -0.2) is 39.9 Å². The van der Waals surface area contributed by atoms with E-state index in [4.69, 9.17) is 10.8 Å². The standard InChI is InChI=1S/C21H22N2O4/c22-20(26)18(12-13-19(24)25)23(17-10-11-17)21(27)16-8-6-15(7-9-16)14-4-2-1-3-5-14/h1-9,17-18H,10-13H2,(H2,22,26)(H,24,25)/t18-/m0/s1. The summed E-state index contributed by atoms with van der Waals surface area (Å²) in [5.74, 6) is -1.97. The van der Waals surface area contributed by atoms with Gasteiger partial charge in [-0.05, 0) is 42.5 Å². The molecule has 1 fully saturated rings. The minimum absolute atomic E-state index is 0.0228. The van der Waals surface area contributed by atoms with Crippen molar-refractivity contribution in [3.63, 3.8) is 0 Å².